The first-order valence-electron chi connectivity index (χ1n) is 8.93. The van der Waals surface area contributed by atoms with Gasteiger partial charge in [0.05, 0.1) is 0 Å². The predicted octanol–water partition coefficient (Wildman–Crippen LogP) is 3.47. The van der Waals surface area contributed by atoms with Crippen LogP contribution in [0.1, 0.15) is 16.1 Å². The van der Waals surface area contributed by atoms with Crippen molar-refractivity contribution in [2.45, 2.75) is 6.54 Å². The van der Waals surface area contributed by atoms with E-state index < -0.39 is 0 Å². The number of hydrogen-bond acceptors (Lipinski definition) is 4. The van der Waals surface area contributed by atoms with Gasteiger partial charge in [-0.05, 0) is 41.5 Å². The Morgan fingerprint density at radius 1 is 1.00 bits per heavy atom. The molecule has 6 nitrogen and oxygen atoms in total. The number of aryl methyl sites for hydroxylation is 1. The molecular formula is C22H19N5O. The van der Waals surface area contributed by atoms with Crippen LogP contribution in [0.5, 0.6) is 0 Å². The first-order chi connectivity index (χ1) is 13.7. The molecule has 0 saturated heterocycles. The molecule has 0 spiro atoms. The third-order valence-corrected chi connectivity index (χ3v) is 4.37. The van der Waals surface area contributed by atoms with Gasteiger partial charge in [0.2, 0.25) is 0 Å². The largest absolute Gasteiger partial charge is 0.347 e. The first kappa shape index (κ1) is 17.6. The number of pyridine rings is 2. The molecule has 6 heteroatoms. The van der Waals surface area contributed by atoms with Crippen LogP contribution < -0.4 is 5.32 Å². The minimum Gasteiger partial charge on any atom is -0.347 e. The highest BCUT2D eigenvalue weighted by molar-refractivity contribution is 5.92. The maximum absolute atomic E-state index is 12.2. The highest BCUT2D eigenvalue weighted by Gasteiger charge is 2.13. The van der Waals surface area contributed by atoms with E-state index >= 15 is 0 Å². The van der Waals surface area contributed by atoms with Gasteiger partial charge in [0.1, 0.15) is 11.4 Å². The van der Waals surface area contributed by atoms with E-state index in [0.717, 1.165) is 27.9 Å². The Labute approximate surface area is 162 Å². The molecule has 0 aliphatic heterocycles. The topological polar surface area (TPSA) is 72.7 Å². The van der Waals surface area contributed by atoms with Gasteiger partial charge in [-0.25, -0.2) is 0 Å². The molecule has 138 valence electrons. The van der Waals surface area contributed by atoms with Crippen LogP contribution >= 0.6 is 0 Å². The molecule has 0 radical (unpaired) electrons. The van der Waals surface area contributed by atoms with E-state index in [1.165, 1.54) is 0 Å². The lowest BCUT2D eigenvalue weighted by molar-refractivity contribution is 0.0946. The molecule has 0 unspecified atom stereocenters. The van der Waals surface area contributed by atoms with Crippen LogP contribution in [0.2, 0.25) is 0 Å². The third-order valence-electron chi connectivity index (χ3n) is 4.37. The monoisotopic (exact) mass is 369 g/mol. The van der Waals surface area contributed by atoms with E-state index in [0.29, 0.717) is 12.2 Å². The second-order valence-corrected chi connectivity index (χ2v) is 6.40. The Hall–Kier alpha value is -3.80. The highest BCUT2D eigenvalue weighted by atomic mass is 16.1. The van der Waals surface area contributed by atoms with Crippen LogP contribution in [0.4, 0.5) is 0 Å². The fourth-order valence-electron chi connectivity index (χ4n) is 3.04. The fraction of sp³-hybridized carbons (Fsp3) is 0.0909. The summed E-state index contributed by atoms with van der Waals surface area (Å²) in [5.41, 5.74) is 5.39. The SMILES string of the molecule is Cn1cc(-c2ccncc2)c(-c2cccc(CNC(=O)c3ccccn3)c2)n1. The van der Waals surface area contributed by atoms with Crippen molar-refractivity contribution in [1.29, 1.82) is 0 Å². The fourth-order valence-corrected chi connectivity index (χ4v) is 3.04. The molecule has 0 bridgehead atoms. The number of nitrogens with zero attached hydrogens (tertiary/aromatic N) is 4. The van der Waals surface area contributed by atoms with Crippen molar-refractivity contribution in [3.63, 3.8) is 0 Å². The van der Waals surface area contributed by atoms with E-state index in [1.807, 2.05) is 49.6 Å². The molecule has 1 N–H and O–H groups in total. The Morgan fingerprint density at radius 3 is 2.64 bits per heavy atom. The Kier molecular flexibility index (Phi) is 4.93. The standard InChI is InChI=1S/C22H19N5O/c1-27-15-19(17-8-11-23-12-9-17)21(26-27)18-6-4-5-16(13-18)14-25-22(28)20-7-2-3-10-24-20/h2-13,15H,14H2,1H3,(H,25,28). The zero-order chi connectivity index (χ0) is 19.3. The van der Waals surface area contributed by atoms with Gasteiger partial charge < -0.3 is 5.32 Å². The van der Waals surface area contributed by atoms with E-state index in [4.69, 9.17) is 0 Å². The van der Waals surface area contributed by atoms with Gasteiger partial charge >= 0.3 is 0 Å². The number of carbonyl (C=O) groups is 1. The number of carbonyl (C=O) groups excluding carboxylic acids is 1. The van der Waals surface area contributed by atoms with Crippen molar-refractivity contribution < 1.29 is 4.79 Å². The van der Waals surface area contributed by atoms with Crippen molar-refractivity contribution >= 4 is 5.91 Å². The van der Waals surface area contributed by atoms with Crippen molar-refractivity contribution in [3.8, 4) is 22.4 Å². The lowest BCUT2D eigenvalue weighted by Crippen LogP contribution is -2.23. The molecule has 0 aliphatic rings. The summed E-state index contributed by atoms with van der Waals surface area (Å²) in [7, 11) is 1.91. The quantitative estimate of drug-likeness (QED) is 0.585. The molecule has 3 heterocycles. The van der Waals surface area contributed by atoms with Crippen molar-refractivity contribution in [3.05, 3.63) is 90.6 Å². The Bertz CT molecular complexity index is 1090. The second-order valence-electron chi connectivity index (χ2n) is 6.40. The molecule has 4 aromatic rings. The van der Waals surface area contributed by atoms with Crippen LogP contribution in [0.15, 0.2) is 79.4 Å². The zero-order valence-corrected chi connectivity index (χ0v) is 15.4. The molecule has 0 aliphatic carbocycles. The van der Waals surface area contributed by atoms with Gasteiger partial charge in [-0.3, -0.25) is 19.4 Å². The average Bonchev–Trinajstić information content (AvgIpc) is 3.15. The Balaban J connectivity index is 1.57. The Morgan fingerprint density at radius 2 is 1.86 bits per heavy atom. The summed E-state index contributed by atoms with van der Waals surface area (Å²) >= 11 is 0. The number of benzene rings is 1. The summed E-state index contributed by atoms with van der Waals surface area (Å²) < 4.78 is 1.81. The second kappa shape index (κ2) is 7.84. The summed E-state index contributed by atoms with van der Waals surface area (Å²) in [4.78, 5) is 20.4. The summed E-state index contributed by atoms with van der Waals surface area (Å²) in [5, 5.41) is 7.55. The molecule has 0 atom stereocenters. The molecule has 3 aromatic heterocycles. The number of aromatic nitrogens is 4. The molecule has 0 fully saturated rings. The zero-order valence-electron chi connectivity index (χ0n) is 15.4. The molecular weight excluding hydrogens is 350 g/mol. The van der Waals surface area contributed by atoms with Crippen molar-refractivity contribution in [2.75, 3.05) is 0 Å². The minimum absolute atomic E-state index is 0.193. The number of rotatable bonds is 5. The smallest absolute Gasteiger partial charge is 0.270 e. The minimum atomic E-state index is -0.193. The first-order valence-corrected chi connectivity index (χ1v) is 8.93. The third kappa shape index (κ3) is 3.81. The van der Waals surface area contributed by atoms with Crippen molar-refractivity contribution in [1.82, 2.24) is 25.1 Å². The number of hydrogen-bond donors (Lipinski definition) is 1. The van der Waals surface area contributed by atoms with Gasteiger partial charge in [0.25, 0.3) is 5.91 Å². The van der Waals surface area contributed by atoms with Crippen LogP contribution in [-0.4, -0.2) is 25.7 Å². The van der Waals surface area contributed by atoms with Gasteiger partial charge in [0, 0.05) is 49.5 Å². The van der Waals surface area contributed by atoms with Crippen LogP contribution in [0.25, 0.3) is 22.4 Å². The summed E-state index contributed by atoms with van der Waals surface area (Å²) in [6.45, 7) is 0.417. The number of amides is 1. The molecule has 1 aromatic carbocycles. The summed E-state index contributed by atoms with van der Waals surface area (Å²) in [5.74, 6) is -0.193. The summed E-state index contributed by atoms with van der Waals surface area (Å²) in [6, 6.07) is 17.2. The van der Waals surface area contributed by atoms with Crippen LogP contribution in [0.3, 0.4) is 0 Å². The van der Waals surface area contributed by atoms with Crippen LogP contribution in [-0.2, 0) is 13.6 Å². The lowest BCUT2D eigenvalue weighted by Gasteiger charge is -2.07. The van der Waals surface area contributed by atoms with Gasteiger partial charge in [-0.2, -0.15) is 5.10 Å². The van der Waals surface area contributed by atoms with Gasteiger partial charge in [-0.1, -0.05) is 24.3 Å². The van der Waals surface area contributed by atoms with Crippen LogP contribution in [0, 0.1) is 0 Å². The molecule has 1 amide bonds. The van der Waals surface area contributed by atoms with E-state index in [1.54, 1.807) is 41.5 Å². The molecule has 28 heavy (non-hydrogen) atoms. The van der Waals surface area contributed by atoms with Gasteiger partial charge in [0.15, 0.2) is 0 Å². The van der Waals surface area contributed by atoms with E-state index in [9.17, 15) is 4.79 Å². The maximum atomic E-state index is 12.2. The molecule has 4 rings (SSSR count). The van der Waals surface area contributed by atoms with Gasteiger partial charge in [-0.15, -0.1) is 0 Å². The summed E-state index contributed by atoms with van der Waals surface area (Å²) in [6.07, 6.45) is 7.16. The normalized spacial score (nSPS) is 10.6. The van der Waals surface area contributed by atoms with Crippen molar-refractivity contribution in [2.24, 2.45) is 7.05 Å². The van der Waals surface area contributed by atoms with E-state index in [-0.39, 0.29) is 5.91 Å². The number of nitrogens with one attached hydrogen (secondary N) is 1. The predicted molar refractivity (Wildman–Crippen MR) is 107 cm³/mol. The highest BCUT2D eigenvalue weighted by Crippen LogP contribution is 2.30. The lowest BCUT2D eigenvalue weighted by atomic mass is 10.0. The molecule has 0 saturated carbocycles. The maximum Gasteiger partial charge on any atom is 0.270 e. The van der Waals surface area contributed by atoms with E-state index in [2.05, 4.69) is 20.4 Å². The average molecular weight is 369 g/mol.